The first kappa shape index (κ1) is 18.8. The van der Waals surface area contributed by atoms with Gasteiger partial charge in [0, 0.05) is 24.2 Å². The van der Waals surface area contributed by atoms with Crippen molar-refractivity contribution in [3.8, 4) is 0 Å². The second-order valence-electron chi connectivity index (χ2n) is 5.30. The Hall–Kier alpha value is -2.93. The average molecular weight is 408 g/mol. The molecule has 27 heavy (non-hydrogen) atoms. The molecular weight excluding hydrogens is 396 g/mol. The predicted molar refractivity (Wildman–Crippen MR) is 101 cm³/mol. The number of nitrogens with one attached hydrogen (secondary N) is 3. The monoisotopic (exact) mass is 408 g/mol. The molecule has 0 aromatic heterocycles. The van der Waals surface area contributed by atoms with Crippen LogP contribution in [0.2, 0.25) is 0 Å². The van der Waals surface area contributed by atoms with Gasteiger partial charge in [0.25, 0.3) is 5.69 Å². The minimum Gasteiger partial charge on any atom is -0.326 e. The van der Waals surface area contributed by atoms with Crippen molar-refractivity contribution in [1.29, 1.82) is 0 Å². The van der Waals surface area contributed by atoms with E-state index in [1.807, 2.05) is 0 Å². The third kappa shape index (κ3) is 5.04. The molecule has 1 aromatic rings. The highest BCUT2D eigenvalue weighted by Gasteiger charge is 2.32. The van der Waals surface area contributed by atoms with Crippen molar-refractivity contribution in [2.24, 2.45) is 10.2 Å². The van der Waals surface area contributed by atoms with Crippen molar-refractivity contribution >= 4 is 63.0 Å². The highest BCUT2D eigenvalue weighted by molar-refractivity contribution is 8.15. The number of carbonyl (C=O) groups is 3. The molecule has 2 heterocycles. The van der Waals surface area contributed by atoms with Crippen molar-refractivity contribution < 1.29 is 19.3 Å². The van der Waals surface area contributed by atoms with Crippen LogP contribution in [0.1, 0.15) is 6.42 Å². The molecule has 0 radical (unpaired) electrons. The summed E-state index contributed by atoms with van der Waals surface area (Å²) in [6.07, 6.45) is -0.103. The molecule has 13 heteroatoms. The second kappa shape index (κ2) is 8.18. The molecule has 0 spiro atoms. The van der Waals surface area contributed by atoms with Gasteiger partial charge in [0.1, 0.15) is 5.25 Å². The van der Waals surface area contributed by atoms with Crippen LogP contribution >= 0.6 is 23.5 Å². The number of nitro benzene ring substituents is 1. The molecule has 140 valence electrons. The molecule has 0 aliphatic carbocycles. The maximum atomic E-state index is 12.1. The second-order valence-corrected chi connectivity index (χ2v) is 7.45. The Labute approximate surface area is 160 Å². The number of amidine groups is 2. The van der Waals surface area contributed by atoms with Crippen molar-refractivity contribution in [3.63, 3.8) is 0 Å². The van der Waals surface area contributed by atoms with Crippen LogP contribution in [0.4, 0.5) is 11.4 Å². The Morgan fingerprint density at radius 2 is 1.93 bits per heavy atom. The number of thioether (sulfide) groups is 2. The lowest BCUT2D eigenvalue weighted by Gasteiger charge is -2.07. The van der Waals surface area contributed by atoms with Gasteiger partial charge in [-0.15, -0.1) is 10.2 Å². The predicted octanol–water partition coefficient (Wildman–Crippen LogP) is 0.645. The summed E-state index contributed by atoms with van der Waals surface area (Å²) in [5.74, 6) is -0.680. The minimum absolute atomic E-state index is 0.0854. The van der Waals surface area contributed by atoms with Gasteiger partial charge in [-0.1, -0.05) is 23.5 Å². The smallest absolute Gasteiger partial charge is 0.269 e. The number of benzene rings is 1. The molecule has 3 amide bonds. The first-order valence-corrected chi connectivity index (χ1v) is 9.37. The highest BCUT2D eigenvalue weighted by atomic mass is 32.2. The number of rotatable bonds is 5. The Balaban J connectivity index is 1.54. The molecule has 3 N–H and O–H groups in total. The molecule has 0 saturated carbocycles. The number of hydrogen-bond donors (Lipinski definition) is 3. The largest absolute Gasteiger partial charge is 0.326 e. The SMILES string of the molecule is O=C1CS/C(=N/N=C2\NC(=O)C(CC(=O)Nc3ccc([N+](=O)[O-])cc3)S2)N1. The lowest BCUT2D eigenvalue weighted by molar-refractivity contribution is -0.384. The summed E-state index contributed by atoms with van der Waals surface area (Å²) in [7, 11) is 0. The summed E-state index contributed by atoms with van der Waals surface area (Å²) in [6, 6.07) is 5.37. The molecule has 1 aromatic carbocycles. The van der Waals surface area contributed by atoms with Crippen LogP contribution in [0.5, 0.6) is 0 Å². The molecule has 11 nitrogen and oxygen atoms in total. The van der Waals surface area contributed by atoms with Gasteiger partial charge in [-0.2, -0.15) is 0 Å². The van der Waals surface area contributed by atoms with E-state index in [1.54, 1.807) is 0 Å². The topological polar surface area (TPSA) is 155 Å². The first-order chi connectivity index (χ1) is 12.9. The van der Waals surface area contributed by atoms with Gasteiger partial charge in [0.15, 0.2) is 10.3 Å². The Morgan fingerprint density at radius 1 is 1.22 bits per heavy atom. The van der Waals surface area contributed by atoms with Gasteiger partial charge in [0.05, 0.1) is 10.7 Å². The van der Waals surface area contributed by atoms with Crippen molar-refractivity contribution in [1.82, 2.24) is 10.6 Å². The fourth-order valence-electron chi connectivity index (χ4n) is 2.10. The standard InChI is InChI=1S/C14H12N6O5S2/c21-10(15-7-1-3-8(4-2-7)20(24)25)5-9-12(23)17-14(27-9)19-18-13-16-11(22)6-26-13/h1-4,9H,5-6H2,(H,15,21)(H,16,18,22)(H,17,19,23). The summed E-state index contributed by atoms with van der Waals surface area (Å²) >= 11 is 2.26. The zero-order chi connectivity index (χ0) is 19.4. The molecule has 2 saturated heterocycles. The number of nitro groups is 1. The van der Waals surface area contributed by atoms with E-state index in [0.717, 1.165) is 11.8 Å². The van der Waals surface area contributed by atoms with E-state index >= 15 is 0 Å². The zero-order valence-corrected chi connectivity index (χ0v) is 15.1. The molecule has 2 aliphatic heterocycles. The van der Waals surface area contributed by atoms with E-state index in [1.165, 1.54) is 36.0 Å². The van der Waals surface area contributed by atoms with Crippen molar-refractivity contribution in [2.75, 3.05) is 11.1 Å². The summed E-state index contributed by atoms with van der Waals surface area (Å²) in [4.78, 5) is 45.2. The highest BCUT2D eigenvalue weighted by Crippen LogP contribution is 2.24. The van der Waals surface area contributed by atoms with Crippen molar-refractivity contribution in [3.05, 3.63) is 34.4 Å². The van der Waals surface area contributed by atoms with Gasteiger partial charge in [-0.3, -0.25) is 24.5 Å². The summed E-state index contributed by atoms with van der Waals surface area (Å²) in [6.45, 7) is 0. The van der Waals surface area contributed by atoms with Crippen LogP contribution in [0.25, 0.3) is 0 Å². The van der Waals surface area contributed by atoms with Gasteiger partial charge >= 0.3 is 0 Å². The fourth-order valence-corrected chi connectivity index (χ4v) is 3.65. The number of nitrogens with zero attached hydrogens (tertiary/aromatic N) is 3. The fraction of sp³-hybridized carbons (Fsp3) is 0.214. The van der Waals surface area contributed by atoms with E-state index in [4.69, 9.17) is 0 Å². The van der Waals surface area contributed by atoms with E-state index in [-0.39, 0.29) is 34.8 Å². The van der Waals surface area contributed by atoms with Crippen LogP contribution in [-0.4, -0.2) is 44.0 Å². The van der Waals surface area contributed by atoms with Crippen LogP contribution in [0, 0.1) is 10.1 Å². The third-order valence-corrected chi connectivity index (χ3v) is 5.26. The van der Waals surface area contributed by atoms with E-state index in [0.29, 0.717) is 10.9 Å². The molecule has 2 fully saturated rings. The van der Waals surface area contributed by atoms with E-state index in [2.05, 4.69) is 26.2 Å². The number of amides is 3. The summed E-state index contributed by atoms with van der Waals surface area (Å²) < 4.78 is 0. The van der Waals surface area contributed by atoms with Crippen LogP contribution in [0.3, 0.4) is 0 Å². The zero-order valence-electron chi connectivity index (χ0n) is 13.5. The molecule has 1 unspecified atom stereocenters. The molecule has 1 atom stereocenters. The quantitative estimate of drug-likeness (QED) is 0.477. The minimum atomic E-state index is -0.673. The maximum absolute atomic E-state index is 12.1. The number of anilines is 1. The number of hydrogen-bond acceptors (Lipinski definition) is 9. The van der Waals surface area contributed by atoms with Gasteiger partial charge in [-0.25, -0.2) is 0 Å². The molecular formula is C14H12N6O5S2. The van der Waals surface area contributed by atoms with E-state index < -0.39 is 16.1 Å². The Morgan fingerprint density at radius 3 is 2.56 bits per heavy atom. The van der Waals surface area contributed by atoms with Crippen LogP contribution in [-0.2, 0) is 14.4 Å². The van der Waals surface area contributed by atoms with Crippen LogP contribution in [0.15, 0.2) is 34.5 Å². The average Bonchev–Trinajstić information content (AvgIpc) is 3.19. The number of carbonyl (C=O) groups excluding carboxylic acids is 3. The van der Waals surface area contributed by atoms with E-state index in [9.17, 15) is 24.5 Å². The summed E-state index contributed by atoms with van der Waals surface area (Å²) in [5, 5.41) is 25.8. The Kier molecular flexibility index (Phi) is 5.71. The first-order valence-electron chi connectivity index (χ1n) is 7.51. The number of non-ortho nitro benzene ring substituents is 1. The molecule has 0 bridgehead atoms. The normalized spacial score (nSPS) is 22.0. The maximum Gasteiger partial charge on any atom is 0.269 e. The third-order valence-electron chi connectivity index (χ3n) is 3.33. The molecule has 3 rings (SSSR count). The lowest BCUT2D eigenvalue weighted by Crippen LogP contribution is -2.28. The van der Waals surface area contributed by atoms with Gasteiger partial charge < -0.3 is 16.0 Å². The lowest BCUT2D eigenvalue weighted by atomic mass is 10.2. The van der Waals surface area contributed by atoms with Crippen molar-refractivity contribution in [2.45, 2.75) is 11.7 Å². The molecule has 2 aliphatic rings. The van der Waals surface area contributed by atoms with Crippen LogP contribution < -0.4 is 16.0 Å². The summed E-state index contributed by atoms with van der Waals surface area (Å²) in [5.41, 5.74) is 0.307. The van der Waals surface area contributed by atoms with Gasteiger partial charge in [-0.05, 0) is 12.1 Å². The Bertz CT molecular complexity index is 869. The van der Waals surface area contributed by atoms with Gasteiger partial charge in [0.2, 0.25) is 17.7 Å².